The Labute approximate surface area is 126 Å². The van der Waals surface area contributed by atoms with Crippen molar-refractivity contribution in [3.63, 3.8) is 0 Å². The summed E-state index contributed by atoms with van der Waals surface area (Å²) in [5.41, 5.74) is -1.10. The Kier molecular flexibility index (Phi) is 3.67. The normalized spacial score (nSPS) is 24.2. The van der Waals surface area contributed by atoms with Crippen LogP contribution in [0.2, 0.25) is 0 Å². The molecule has 1 aliphatic carbocycles. The highest BCUT2D eigenvalue weighted by atomic mass is 19.4. The molecular weight excluding hydrogens is 295 g/mol. The molecule has 1 aliphatic heterocycles. The minimum absolute atomic E-state index is 0.148. The van der Waals surface area contributed by atoms with Gasteiger partial charge in [0.05, 0.1) is 17.1 Å². The molecule has 3 rings (SSSR count). The number of hydrogen-bond acceptors (Lipinski definition) is 2. The van der Waals surface area contributed by atoms with Crippen LogP contribution in [0.1, 0.15) is 36.8 Å². The number of carbonyl (C=O) groups is 1. The van der Waals surface area contributed by atoms with Crippen molar-refractivity contribution in [2.24, 2.45) is 0 Å². The predicted octanol–water partition coefficient (Wildman–Crippen LogP) is 2.72. The van der Waals surface area contributed by atoms with Gasteiger partial charge in [-0.05, 0) is 37.3 Å². The zero-order valence-corrected chi connectivity index (χ0v) is 12.1. The molecule has 6 heteroatoms. The van der Waals surface area contributed by atoms with Crippen LogP contribution in [0.25, 0.3) is 0 Å². The van der Waals surface area contributed by atoms with Crippen molar-refractivity contribution in [2.45, 2.75) is 43.4 Å². The van der Waals surface area contributed by atoms with E-state index >= 15 is 0 Å². The highest BCUT2D eigenvalue weighted by Gasteiger charge is 2.53. The van der Waals surface area contributed by atoms with Crippen molar-refractivity contribution in [1.82, 2.24) is 4.90 Å². The Morgan fingerprint density at radius 1 is 1.32 bits per heavy atom. The summed E-state index contributed by atoms with van der Waals surface area (Å²) < 4.78 is 38.6. The van der Waals surface area contributed by atoms with Gasteiger partial charge in [0.1, 0.15) is 0 Å². The number of likely N-dealkylation sites (tertiary alicyclic amines) is 1. The number of carbonyl (C=O) groups excluding carboxylic acids is 1. The molecule has 1 unspecified atom stereocenters. The summed E-state index contributed by atoms with van der Waals surface area (Å²) >= 11 is 0. The molecule has 1 N–H and O–H groups in total. The molecular formula is C16H18F3NO2. The first-order valence-corrected chi connectivity index (χ1v) is 7.48. The average Bonchev–Trinajstić information content (AvgIpc) is 3.27. The van der Waals surface area contributed by atoms with E-state index in [1.54, 1.807) is 11.0 Å². The van der Waals surface area contributed by atoms with Gasteiger partial charge in [-0.2, -0.15) is 13.2 Å². The van der Waals surface area contributed by atoms with Gasteiger partial charge in [0, 0.05) is 13.1 Å². The molecule has 0 radical (unpaired) electrons. The quantitative estimate of drug-likeness (QED) is 0.912. The molecule has 1 heterocycles. The minimum atomic E-state index is -4.41. The van der Waals surface area contributed by atoms with Crippen LogP contribution < -0.4 is 0 Å². The first kappa shape index (κ1) is 15.3. The second-order valence-corrected chi connectivity index (χ2v) is 6.21. The van der Waals surface area contributed by atoms with Crippen molar-refractivity contribution in [1.29, 1.82) is 0 Å². The monoisotopic (exact) mass is 313 g/mol. The number of β-amino-alcohol motifs (C(OH)–C–C–N with tert-alkyl or cyclic N) is 1. The maximum Gasteiger partial charge on any atom is 0.416 e. The Hall–Kier alpha value is -1.56. The van der Waals surface area contributed by atoms with E-state index in [0.717, 1.165) is 18.6 Å². The standard InChI is InChI=1S/C16H18F3NO2/c17-16(18,19)12-4-1-3-11(9-12)15(6-7-15)14(22)20-8-2-5-13(21)10-20/h1,3-4,9,13,21H,2,5-8,10H2. The maximum absolute atomic E-state index is 12.9. The highest BCUT2D eigenvalue weighted by Crippen LogP contribution is 2.50. The highest BCUT2D eigenvalue weighted by molar-refractivity contribution is 5.91. The molecule has 120 valence electrons. The van der Waals surface area contributed by atoms with Gasteiger partial charge in [-0.3, -0.25) is 4.79 Å². The predicted molar refractivity (Wildman–Crippen MR) is 74.2 cm³/mol. The largest absolute Gasteiger partial charge is 0.416 e. The summed E-state index contributed by atoms with van der Waals surface area (Å²) in [6, 6.07) is 5.07. The lowest BCUT2D eigenvalue weighted by Crippen LogP contribution is -2.46. The molecule has 1 amide bonds. The van der Waals surface area contributed by atoms with Gasteiger partial charge in [-0.1, -0.05) is 18.2 Å². The van der Waals surface area contributed by atoms with Crippen LogP contribution in [0.15, 0.2) is 24.3 Å². The number of piperidine rings is 1. The van der Waals surface area contributed by atoms with Crippen LogP contribution in [0.3, 0.4) is 0 Å². The molecule has 2 fully saturated rings. The van der Waals surface area contributed by atoms with Gasteiger partial charge >= 0.3 is 6.18 Å². The molecule has 1 aromatic carbocycles. The molecule has 2 aliphatic rings. The molecule has 1 aromatic rings. The SMILES string of the molecule is O=C(N1CCCC(O)C1)C1(c2cccc(C(F)(F)F)c2)CC1. The number of aliphatic hydroxyl groups excluding tert-OH is 1. The van der Waals surface area contributed by atoms with Gasteiger partial charge in [0.15, 0.2) is 0 Å². The fraction of sp³-hybridized carbons (Fsp3) is 0.562. The zero-order valence-electron chi connectivity index (χ0n) is 12.1. The van der Waals surface area contributed by atoms with Crippen molar-refractivity contribution < 1.29 is 23.1 Å². The van der Waals surface area contributed by atoms with Gasteiger partial charge in [0.25, 0.3) is 0 Å². The Morgan fingerprint density at radius 3 is 2.64 bits per heavy atom. The third-order valence-corrected chi connectivity index (χ3v) is 4.59. The lowest BCUT2D eigenvalue weighted by molar-refractivity contribution is -0.139. The summed E-state index contributed by atoms with van der Waals surface area (Å²) in [5, 5.41) is 9.69. The average molecular weight is 313 g/mol. The van der Waals surface area contributed by atoms with Gasteiger partial charge < -0.3 is 10.0 Å². The van der Waals surface area contributed by atoms with Crippen LogP contribution in [-0.4, -0.2) is 35.1 Å². The van der Waals surface area contributed by atoms with Crippen molar-refractivity contribution in [3.05, 3.63) is 35.4 Å². The lowest BCUT2D eigenvalue weighted by Gasteiger charge is -2.33. The van der Waals surface area contributed by atoms with Crippen LogP contribution in [0, 0.1) is 0 Å². The van der Waals surface area contributed by atoms with Crippen LogP contribution >= 0.6 is 0 Å². The van der Waals surface area contributed by atoms with E-state index in [9.17, 15) is 23.1 Å². The number of hydrogen-bond donors (Lipinski definition) is 1. The second-order valence-electron chi connectivity index (χ2n) is 6.21. The molecule has 22 heavy (non-hydrogen) atoms. The molecule has 1 saturated carbocycles. The molecule has 0 bridgehead atoms. The van der Waals surface area contributed by atoms with Crippen molar-refractivity contribution >= 4 is 5.91 Å². The number of alkyl halides is 3. The molecule has 0 spiro atoms. The number of halogens is 3. The van der Waals surface area contributed by atoms with Gasteiger partial charge in [-0.15, -0.1) is 0 Å². The molecule has 1 atom stereocenters. The summed E-state index contributed by atoms with van der Waals surface area (Å²) in [5.74, 6) is -0.148. The minimum Gasteiger partial charge on any atom is -0.391 e. The summed E-state index contributed by atoms with van der Waals surface area (Å²) in [7, 11) is 0. The third-order valence-electron chi connectivity index (χ3n) is 4.59. The van der Waals surface area contributed by atoms with Crippen LogP contribution in [-0.2, 0) is 16.4 Å². The number of nitrogens with zero attached hydrogens (tertiary/aromatic N) is 1. The van der Waals surface area contributed by atoms with E-state index < -0.39 is 23.3 Å². The van der Waals surface area contributed by atoms with Crippen LogP contribution in [0.5, 0.6) is 0 Å². The lowest BCUT2D eigenvalue weighted by atomic mass is 9.91. The number of benzene rings is 1. The Morgan fingerprint density at radius 2 is 2.05 bits per heavy atom. The first-order chi connectivity index (χ1) is 10.3. The zero-order chi connectivity index (χ0) is 16.0. The molecule has 0 aromatic heterocycles. The Balaban J connectivity index is 1.86. The smallest absolute Gasteiger partial charge is 0.391 e. The van der Waals surface area contributed by atoms with E-state index in [1.807, 2.05) is 0 Å². The summed E-state index contributed by atoms with van der Waals surface area (Å²) in [6.45, 7) is 0.843. The Bertz CT molecular complexity index is 581. The van der Waals surface area contributed by atoms with E-state index in [2.05, 4.69) is 0 Å². The van der Waals surface area contributed by atoms with E-state index in [1.165, 1.54) is 6.07 Å². The topological polar surface area (TPSA) is 40.5 Å². The summed E-state index contributed by atoms with van der Waals surface area (Å²) in [6.07, 6.45) is -2.41. The number of amides is 1. The van der Waals surface area contributed by atoms with E-state index in [0.29, 0.717) is 31.4 Å². The van der Waals surface area contributed by atoms with Gasteiger partial charge in [0.2, 0.25) is 5.91 Å². The van der Waals surface area contributed by atoms with E-state index in [-0.39, 0.29) is 12.5 Å². The maximum atomic E-state index is 12.9. The number of rotatable bonds is 2. The second kappa shape index (κ2) is 5.26. The van der Waals surface area contributed by atoms with Gasteiger partial charge in [-0.25, -0.2) is 0 Å². The fourth-order valence-corrected chi connectivity index (χ4v) is 3.19. The summed E-state index contributed by atoms with van der Waals surface area (Å²) in [4.78, 5) is 14.3. The molecule has 3 nitrogen and oxygen atoms in total. The third kappa shape index (κ3) is 2.72. The van der Waals surface area contributed by atoms with Crippen molar-refractivity contribution in [2.75, 3.05) is 13.1 Å². The molecule has 1 saturated heterocycles. The van der Waals surface area contributed by atoms with Crippen LogP contribution in [0.4, 0.5) is 13.2 Å². The van der Waals surface area contributed by atoms with Crippen molar-refractivity contribution in [3.8, 4) is 0 Å². The van der Waals surface area contributed by atoms with E-state index in [4.69, 9.17) is 0 Å². The fourth-order valence-electron chi connectivity index (χ4n) is 3.19. The number of aliphatic hydroxyl groups is 1. The first-order valence-electron chi connectivity index (χ1n) is 7.48.